The Labute approximate surface area is 185 Å². The molecule has 0 aliphatic carbocycles. The minimum atomic E-state index is -2.94. The molecule has 1 amide bonds. The van der Waals surface area contributed by atoms with Crippen molar-refractivity contribution in [1.82, 2.24) is 15.5 Å². The van der Waals surface area contributed by atoms with Crippen LogP contribution in [0.2, 0.25) is 0 Å². The van der Waals surface area contributed by atoms with E-state index in [9.17, 15) is 13.2 Å². The van der Waals surface area contributed by atoms with E-state index in [0.717, 1.165) is 11.1 Å². The summed E-state index contributed by atoms with van der Waals surface area (Å²) in [5, 5.41) is 11.4. The van der Waals surface area contributed by atoms with E-state index >= 15 is 0 Å². The standard InChI is InChI=1S/C22H23N3O4S2/c26-19(23-21(17-7-3-1-4-8-17)18-9-5-2-6-10-18)14-30-22-25-24-20(29-22)13-16-11-12-31(27,28)15-16/h1-10,16,21H,11-15H2,(H,23,26)/t16-/m0/s1. The van der Waals surface area contributed by atoms with E-state index in [4.69, 9.17) is 4.42 Å². The van der Waals surface area contributed by atoms with Gasteiger partial charge in [0.15, 0.2) is 9.84 Å². The van der Waals surface area contributed by atoms with Crippen LogP contribution in [-0.2, 0) is 21.1 Å². The number of amides is 1. The van der Waals surface area contributed by atoms with Crippen molar-refractivity contribution in [3.63, 3.8) is 0 Å². The molecule has 162 valence electrons. The van der Waals surface area contributed by atoms with Crippen molar-refractivity contribution in [2.45, 2.75) is 24.1 Å². The molecule has 0 radical (unpaired) electrons. The Bertz CT molecular complexity index is 1080. The predicted octanol–water partition coefficient (Wildman–Crippen LogP) is 3.04. The molecule has 4 rings (SSSR count). The molecule has 1 fully saturated rings. The number of carbonyl (C=O) groups is 1. The Kier molecular flexibility index (Phi) is 6.72. The van der Waals surface area contributed by atoms with Gasteiger partial charge in [-0.15, -0.1) is 10.2 Å². The third-order valence-corrected chi connectivity index (χ3v) is 7.79. The monoisotopic (exact) mass is 457 g/mol. The van der Waals surface area contributed by atoms with Crippen LogP contribution in [0.5, 0.6) is 0 Å². The number of hydrogen-bond donors (Lipinski definition) is 1. The van der Waals surface area contributed by atoms with Gasteiger partial charge in [-0.05, 0) is 23.5 Å². The van der Waals surface area contributed by atoms with Gasteiger partial charge < -0.3 is 9.73 Å². The highest BCUT2D eigenvalue weighted by atomic mass is 32.2. The highest BCUT2D eigenvalue weighted by Crippen LogP contribution is 2.25. The Morgan fingerprint density at radius 1 is 1.06 bits per heavy atom. The molecule has 9 heteroatoms. The summed E-state index contributed by atoms with van der Waals surface area (Å²) in [4.78, 5) is 12.6. The van der Waals surface area contributed by atoms with E-state index in [1.165, 1.54) is 11.8 Å². The molecule has 0 unspecified atom stereocenters. The van der Waals surface area contributed by atoms with Crippen LogP contribution < -0.4 is 5.32 Å². The van der Waals surface area contributed by atoms with Gasteiger partial charge in [0.2, 0.25) is 11.8 Å². The van der Waals surface area contributed by atoms with Crippen molar-refractivity contribution in [3.05, 3.63) is 77.7 Å². The lowest BCUT2D eigenvalue weighted by atomic mass is 9.99. The van der Waals surface area contributed by atoms with E-state index in [-0.39, 0.29) is 35.1 Å². The Morgan fingerprint density at radius 3 is 2.29 bits per heavy atom. The van der Waals surface area contributed by atoms with E-state index in [2.05, 4.69) is 15.5 Å². The number of nitrogens with zero attached hydrogens (tertiary/aromatic N) is 2. The fourth-order valence-corrected chi connectivity index (χ4v) is 6.09. The second kappa shape index (κ2) is 9.65. The molecule has 0 spiro atoms. The second-order valence-electron chi connectivity index (χ2n) is 7.55. The number of hydrogen-bond acceptors (Lipinski definition) is 7. The molecule has 1 aliphatic rings. The molecule has 1 aromatic heterocycles. The van der Waals surface area contributed by atoms with Gasteiger partial charge in [-0.3, -0.25) is 4.79 Å². The van der Waals surface area contributed by atoms with Crippen LogP contribution in [0.4, 0.5) is 0 Å². The zero-order valence-electron chi connectivity index (χ0n) is 16.8. The average molecular weight is 458 g/mol. The summed E-state index contributed by atoms with van der Waals surface area (Å²) in [6, 6.07) is 19.4. The van der Waals surface area contributed by atoms with Crippen molar-refractivity contribution in [2.24, 2.45) is 5.92 Å². The molecule has 2 heterocycles. The summed E-state index contributed by atoms with van der Waals surface area (Å²) in [5.74, 6) is 0.804. The van der Waals surface area contributed by atoms with Crippen LogP contribution in [0.25, 0.3) is 0 Å². The van der Waals surface area contributed by atoms with Gasteiger partial charge in [0.05, 0.1) is 23.3 Å². The molecular formula is C22H23N3O4S2. The van der Waals surface area contributed by atoms with Crippen molar-refractivity contribution in [2.75, 3.05) is 17.3 Å². The maximum atomic E-state index is 12.6. The first kappa shape index (κ1) is 21.6. The first-order chi connectivity index (χ1) is 15.0. The van der Waals surface area contributed by atoms with Gasteiger partial charge in [-0.2, -0.15) is 0 Å². The summed E-state index contributed by atoms with van der Waals surface area (Å²) in [6.45, 7) is 0. The fourth-order valence-electron chi connectivity index (χ4n) is 3.64. The molecule has 1 saturated heterocycles. The highest BCUT2D eigenvalue weighted by Gasteiger charge is 2.29. The molecule has 1 aliphatic heterocycles. The molecule has 31 heavy (non-hydrogen) atoms. The smallest absolute Gasteiger partial charge is 0.277 e. The van der Waals surface area contributed by atoms with Gasteiger partial charge in [0.1, 0.15) is 0 Å². The summed E-state index contributed by atoms with van der Waals surface area (Å²) in [7, 11) is -2.94. The van der Waals surface area contributed by atoms with E-state index in [0.29, 0.717) is 24.0 Å². The molecule has 0 saturated carbocycles. The number of nitrogens with one attached hydrogen (secondary N) is 1. The number of rotatable bonds is 8. The number of carbonyl (C=O) groups excluding carboxylic acids is 1. The third kappa shape index (κ3) is 5.95. The minimum absolute atomic E-state index is 0.0177. The van der Waals surface area contributed by atoms with Crippen molar-refractivity contribution in [1.29, 1.82) is 0 Å². The summed E-state index contributed by atoms with van der Waals surface area (Å²) in [5.41, 5.74) is 2.00. The number of aromatic nitrogens is 2. The van der Waals surface area contributed by atoms with E-state index in [1.807, 2.05) is 60.7 Å². The summed E-state index contributed by atoms with van der Waals surface area (Å²) in [6.07, 6.45) is 1.07. The lowest BCUT2D eigenvalue weighted by Crippen LogP contribution is -2.30. The highest BCUT2D eigenvalue weighted by molar-refractivity contribution is 7.99. The molecule has 1 atom stereocenters. The Hall–Kier alpha value is -2.65. The first-order valence-electron chi connectivity index (χ1n) is 10.0. The molecular weight excluding hydrogens is 434 g/mol. The third-order valence-electron chi connectivity index (χ3n) is 5.14. The Balaban J connectivity index is 1.34. The normalized spacial score (nSPS) is 17.6. The Morgan fingerprint density at radius 2 is 1.71 bits per heavy atom. The fraction of sp³-hybridized carbons (Fsp3) is 0.318. The van der Waals surface area contributed by atoms with Gasteiger partial charge in [0, 0.05) is 6.42 Å². The lowest BCUT2D eigenvalue weighted by Gasteiger charge is -2.19. The maximum absolute atomic E-state index is 12.6. The minimum Gasteiger partial charge on any atom is -0.416 e. The first-order valence-corrected chi connectivity index (χ1v) is 12.8. The number of sulfone groups is 1. The number of benzene rings is 2. The van der Waals surface area contributed by atoms with Gasteiger partial charge in [-0.25, -0.2) is 8.42 Å². The van der Waals surface area contributed by atoms with E-state index < -0.39 is 9.84 Å². The van der Waals surface area contributed by atoms with Crippen LogP contribution in [-0.4, -0.2) is 41.8 Å². The lowest BCUT2D eigenvalue weighted by molar-refractivity contribution is -0.119. The average Bonchev–Trinajstić information content (AvgIpc) is 3.37. The number of thioether (sulfide) groups is 1. The van der Waals surface area contributed by atoms with Crippen LogP contribution in [0.15, 0.2) is 70.3 Å². The van der Waals surface area contributed by atoms with Gasteiger partial charge in [0.25, 0.3) is 5.22 Å². The molecule has 1 N–H and O–H groups in total. The quantitative estimate of drug-likeness (QED) is 0.519. The molecule has 7 nitrogen and oxygen atoms in total. The van der Waals surface area contributed by atoms with E-state index in [1.54, 1.807) is 0 Å². The predicted molar refractivity (Wildman–Crippen MR) is 118 cm³/mol. The topological polar surface area (TPSA) is 102 Å². The van der Waals surface area contributed by atoms with Crippen molar-refractivity contribution in [3.8, 4) is 0 Å². The van der Waals surface area contributed by atoms with Gasteiger partial charge in [-0.1, -0.05) is 72.4 Å². The second-order valence-corrected chi connectivity index (χ2v) is 10.7. The zero-order chi connectivity index (χ0) is 21.7. The molecule has 2 aromatic carbocycles. The van der Waals surface area contributed by atoms with Crippen LogP contribution in [0.1, 0.15) is 29.5 Å². The zero-order valence-corrected chi connectivity index (χ0v) is 18.4. The molecule has 3 aromatic rings. The van der Waals surface area contributed by atoms with Gasteiger partial charge >= 0.3 is 0 Å². The largest absolute Gasteiger partial charge is 0.416 e. The summed E-state index contributed by atoms with van der Waals surface area (Å²) < 4.78 is 28.8. The van der Waals surface area contributed by atoms with Crippen molar-refractivity contribution >= 4 is 27.5 Å². The SMILES string of the molecule is O=C(CSc1nnc(C[C@@H]2CCS(=O)(=O)C2)o1)NC(c1ccccc1)c1ccccc1. The summed E-state index contributed by atoms with van der Waals surface area (Å²) >= 11 is 1.17. The maximum Gasteiger partial charge on any atom is 0.277 e. The van der Waals surface area contributed by atoms with Crippen molar-refractivity contribution < 1.29 is 17.6 Å². The van der Waals surface area contributed by atoms with Crippen LogP contribution in [0, 0.1) is 5.92 Å². The van der Waals surface area contributed by atoms with Crippen LogP contribution in [0.3, 0.4) is 0 Å². The molecule has 0 bridgehead atoms. The van der Waals surface area contributed by atoms with Crippen LogP contribution >= 0.6 is 11.8 Å².